The van der Waals surface area contributed by atoms with Crippen LogP contribution in [0.1, 0.15) is 16.6 Å². The molecule has 1 heterocycles. The molecule has 2 aromatic carbocycles. The molecule has 3 rings (SSSR count). The molecule has 0 radical (unpaired) electrons. The Morgan fingerprint density at radius 2 is 1.81 bits per heavy atom. The lowest BCUT2D eigenvalue weighted by Gasteiger charge is -2.10. The SMILES string of the molecule is COc1cccc2c1C(S(=O)(=O)c1ccccc1)OC2=[OH+]. The smallest absolute Gasteiger partial charge is 0.496 e. The molecule has 0 aliphatic carbocycles. The Hall–Kier alpha value is -2.34. The van der Waals surface area contributed by atoms with E-state index in [0.29, 0.717) is 16.9 Å². The number of rotatable bonds is 3. The van der Waals surface area contributed by atoms with E-state index >= 15 is 0 Å². The van der Waals surface area contributed by atoms with Gasteiger partial charge in [-0.3, -0.25) is 4.74 Å². The van der Waals surface area contributed by atoms with Gasteiger partial charge in [-0.25, -0.2) is 8.42 Å². The van der Waals surface area contributed by atoms with Crippen LogP contribution in [0, 0.1) is 0 Å². The van der Waals surface area contributed by atoms with Crippen LogP contribution in [0.5, 0.6) is 5.75 Å². The average Bonchev–Trinajstić information content (AvgIpc) is 2.86. The first-order chi connectivity index (χ1) is 10.1. The van der Waals surface area contributed by atoms with Crippen LogP contribution in [0.2, 0.25) is 0 Å². The Morgan fingerprint density at radius 1 is 1.10 bits per heavy atom. The van der Waals surface area contributed by atoms with E-state index in [1.165, 1.54) is 19.2 Å². The van der Waals surface area contributed by atoms with E-state index < -0.39 is 21.2 Å². The van der Waals surface area contributed by atoms with Crippen LogP contribution in [0.3, 0.4) is 0 Å². The predicted molar refractivity (Wildman–Crippen MR) is 76.5 cm³/mol. The standard InChI is InChI=1S/C15H12O5S/c1-19-12-9-5-8-11-13(12)15(20-14(11)16)21(17,18)10-6-3-2-4-7-10/h2-9,15H,1H3/p+1. The third-order valence-corrected chi connectivity index (χ3v) is 5.15. The second kappa shape index (κ2) is 4.89. The summed E-state index contributed by atoms with van der Waals surface area (Å²) in [6, 6.07) is 12.9. The van der Waals surface area contributed by atoms with Gasteiger partial charge in [-0.05, 0) is 24.3 Å². The zero-order valence-corrected chi connectivity index (χ0v) is 12.0. The van der Waals surface area contributed by atoms with Crippen molar-refractivity contribution in [1.29, 1.82) is 0 Å². The van der Waals surface area contributed by atoms with Crippen molar-refractivity contribution in [1.82, 2.24) is 0 Å². The van der Waals surface area contributed by atoms with Crippen LogP contribution in [0.4, 0.5) is 0 Å². The van der Waals surface area contributed by atoms with Crippen LogP contribution in [0.15, 0.2) is 53.4 Å². The topological polar surface area (TPSA) is 74.0 Å². The van der Waals surface area contributed by atoms with Crippen molar-refractivity contribution in [2.45, 2.75) is 10.3 Å². The molecule has 0 spiro atoms. The number of hydrogen-bond donors (Lipinski definition) is 0. The third kappa shape index (κ3) is 2.08. The van der Waals surface area contributed by atoms with Gasteiger partial charge < -0.3 is 9.53 Å². The van der Waals surface area contributed by atoms with Crippen molar-refractivity contribution >= 4 is 15.8 Å². The Labute approximate surface area is 122 Å². The van der Waals surface area contributed by atoms with Crippen LogP contribution >= 0.6 is 0 Å². The molecule has 1 aliphatic rings. The first-order valence-electron chi connectivity index (χ1n) is 6.24. The average molecular weight is 305 g/mol. The van der Waals surface area contributed by atoms with Gasteiger partial charge in [0.15, 0.2) is 0 Å². The number of carbonyl (C=O) groups excluding carboxylic acids is 1. The van der Waals surface area contributed by atoms with E-state index in [9.17, 15) is 13.2 Å². The van der Waals surface area contributed by atoms with Crippen molar-refractivity contribution in [3.8, 4) is 5.75 Å². The molecule has 0 saturated carbocycles. The summed E-state index contributed by atoms with van der Waals surface area (Å²) < 4.78 is 35.8. The molecule has 0 saturated heterocycles. The van der Waals surface area contributed by atoms with Gasteiger partial charge in [0.25, 0.3) is 0 Å². The molecule has 6 heteroatoms. The Kier molecular flexibility index (Phi) is 3.17. The molecule has 2 aromatic rings. The summed E-state index contributed by atoms with van der Waals surface area (Å²) in [4.78, 5) is 9.98. The van der Waals surface area contributed by atoms with E-state index in [2.05, 4.69) is 0 Å². The van der Waals surface area contributed by atoms with Crippen molar-refractivity contribution in [3.63, 3.8) is 0 Å². The summed E-state index contributed by atoms with van der Waals surface area (Å²) in [6.07, 6.45) is 0. The van der Waals surface area contributed by atoms with E-state index in [1.807, 2.05) is 0 Å². The summed E-state index contributed by atoms with van der Waals surface area (Å²) in [7, 11) is -2.36. The first-order valence-corrected chi connectivity index (χ1v) is 7.79. The van der Waals surface area contributed by atoms with E-state index in [4.69, 9.17) is 9.47 Å². The minimum atomic E-state index is -3.80. The lowest BCUT2D eigenvalue weighted by atomic mass is 10.1. The van der Waals surface area contributed by atoms with Gasteiger partial charge in [-0.15, -0.1) is 0 Å². The van der Waals surface area contributed by atoms with Gasteiger partial charge in [0, 0.05) is 0 Å². The van der Waals surface area contributed by atoms with Gasteiger partial charge in [0.2, 0.25) is 9.84 Å². The summed E-state index contributed by atoms with van der Waals surface area (Å²) in [5.74, 6) is -0.0468. The number of fused-ring (bicyclic) bond motifs is 1. The predicted octanol–water partition coefficient (Wildman–Crippen LogP) is 2.05. The highest BCUT2D eigenvalue weighted by Gasteiger charge is 2.50. The molecule has 1 N–H and O–H groups in total. The van der Waals surface area contributed by atoms with Crippen LogP contribution in [0.25, 0.3) is 0 Å². The highest BCUT2D eigenvalue weighted by Crippen LogP contribution is 2.42. The fourth-order valence-corrected chi connectivity index (χ4v) is 3.88. The maximum Gasteiger partial charge on any atom is 0.520 e. The number of ether oxygens (including phenoxy) is 2. The zero-order chi connectivity index (χ0) is 15.0. The molecule has 1 unspecified atom stereocenters. The van der Waals surface area contributed by atoms with E-state index in [-0.39, 0.29) is 4.90 Å². The maximum atomic E-state index is 12.7. The Bertz CT molecular complexity index is 796. The van der Waals surface area contributed by atoms with Gasteiger partial charge >= 0.3 is 11.4 Å². The van der Waals surface area contributed by atoms with Crippen molar-refractivity contribution < 1.29 is 22.7 Å². The second-order valence-corrected chi connectivity index (χ2v) is 6.52. The largest absolute Gasteiger partial charge is 0.520 e. The molecule has 1 aliphatic heterocycles. The Morgan fingerprint density at radius 3 is 2.48 bits per heavy atom. The normalized spacial score (nSPS) is 17.2. The van der Waals surface area contributed by atoms with Crippen LogP contribution in [-0.4, -0.2) is 26.3 Å². The van der Waals surface area contributed by atoms with Gasteiger partial charge in [0.1, 0.15) is 11.3 Å². The molecule has 21 heavy (non-hydrogen) atoms. The summed E-state index contributed by atoms with van der Waals surface area (Å²) in [5, 5.41) is 0. The number of methoxy groups -OCH3 is 1. The highest BCUT2D eigenvalue weighted by molar-refractivity contribution is 7.91. The highest BCUT2D eigenvalue weighted by atomic mass is 32.2. The minimum Gasteiger partial charge on any atom is -0.496 e. The van der Waals surface area contributed by atoms with Crippen molar-refractivity contribution in [2.24, 2.45) is 0 Å². The van der Waals surface area contributed by atoms with Gasteiger partial charge in [-0.2, -0.15) is 0 Å². The summed E-state index contributed by atoms with van der Waals surface area (Å²) >= 11 is 0. The molecule has 0 bridgehead atoms. The fourth-order valence-electron chi connectivity index (χ4n) is 2.33. The van der Waals surface area contributed by atoms with Gasteiger partial charge in [-0.1, -0.05) is 24.3 Å². The molecular weight excluding hydrogens is 292 g/mol. The number of sulfone groups is 1. The first kappa shape index (κ1) is 13.6. The molecule has 0 fully saturated rings. The molecule has 5 nitrogen and oxygen atoms in total. The molecule has 0 aromatic heterocycles. The zero-order valence-electron chi connectivity index (χ0n) is 11.2. The third-order valence-electron chi connectivity index (χ3n) is 3.32. The number of hydrogen-bond acceptors (Lipinski definition) is 4. The van der Waals surface area contributed by atoms with E-state index in [1.54, 1.807) is 36.4 Å². The molecule has 1 atom stereocenters. The van der Waals surface area contributed by atoms with E-state index in [0.717, 1.165) is 0 Å². The van der Waals surface area contributed by atoms with Gasteiger partial charge in [0.05, 0.1) is 17.6 Å². The maximum absolute atomic E-state index is 12.7. The molecule has 108 valence electrons. The summed E-state index contributed by atoms with van der Waals surface area (Å²) in [6.45, 7) is 0. The fraction of sp³-hybridized carbons (Fsp3) is 0.133. The van der Waals surface area contributed by atoms with Crippen LogP contribution in [-0.2, 0) is 14.6 Å². The molecule has 0 amide bonds. The number of benzene rings is 2. The number of esters is 1. The Balaban J connectivity index is 2.18. The minimum absolute atomic E-state index is 0.126. The quantitative estimate of drug-likeness (QED) is 0.642. The second-order valence-electron chi connectivity index (χ2n) is 4.53. The van der Waals surface area contributed by atoms with Crippen molar-refractivity contribution in [3.05, 3.63) is 59.7 Å². The van der Waals surface area contributed by atoms with Crippen LogP contribution < -0.4 is 4.74 Å². The number of cyclic esters (lactones) is 1. The lowest BCUT2D eigenvalue weighted by molar-refractivity contribution is 0.255. The lowest BCUT2D eigenvalue weighted by Crippen LogP contribution is -2.14. The monoisotopic (exact) mass is 305 g/mol. The summed E-state index contributed by atoms with van der Waals surface area (Å²) in [5.41, 5.74) is -0.661. The molecular formula is C15H13O5S+. The van der Waals surface area contributed by atoms with Crippen molar-refractivity contribution in [2.75, 3.05) is 7.11 Å².